The molecule has 0 amide bonds. The summed E-state index contributed by atoms with van der Waals surface area (Å²) in [6.45, 7) is 8.73. The van der Waals surface area contributed by atoms with E-state index < -0.39 is 0 Å². The van der Waals surface area contributed by atoms with E-state index in [1.165, 1.54) is 38.8 Å². The smallest absolute Gasteiger partial charge is 0.238 e. The Kier molecular flexibility index (Phi) is 8.90. The van der Waals surface area contributed by atoms with Gasteiger partial charge in [0.1, 0.15) is 0 Å². The maximum atomic E-state index is 5.46. The Morgan fingerprint density at radius 1 is 0.371 bits per heavy atom. The molecule has 0 aliphatic heterocycles. The lowest BCUT2D eigenvalue weighted by Crippen LogP contribution is -2.16. The molecule has 0 spiro atoms. The fourth-order valence-electron chi connectivity index (χ4n) is 9.81. The molecule has 0 unspecified atom stereocenters. The largest absolute Gasteiger partial charge is 0.277 e. The van der Waals surface area contributed by atoms with Crippen LogP contribution in [0.2, 0.25) is 0 Å². The van der Waals surface area contributed by atoms with Crippen LogP contribution in [0.25, 0.3) is 105 Å². The Morgan fingerprint density at radius 3 is 1.71 bits per heavy atom. The molecule has 0 fully saturated rings. The molecule has 0 radical (unpaired) electrons. The maximum Gasteiger partial charge on any atom is 0.238 e. The minimum atomic E-state index is -0.205. The second kappa shape index (κ2) is 14.8. The van der Waals surface area contributed by atoms with Gasteiger partial charge in [-0.25, -0.2) is 4.98 Å². The standard InChI is InChI=1S/C56H38N4.C2H6/c1-56(2)49-25-11-10-20-43(49)44-21-12-22-45(50(44)56)46-23-13-24-47-48-33-32-38-17-8-9-19-42(38)51(48)60(52(46)47)55-58-53(39-29-26-37(27-30-39)35-14-4-3-5-15-35)57-54(59-55)41-31-28-36-16-6-7-18-40(36)34-41;1-2/h3-34H,1-2H3;1-2H3. The van der Waals surface area contributed by atoms with Gasteiger partial charge >= 0.3 is 0 Å². The van der Waals surface area contributed by atoms with E-state index in [1.54, 1.807) is 0 Å². The van der Waals surface area contributed by atoms with Crippen molar-refractivity contribution in [2.24, 2.45) is 0 Å². The van der Waals surface area contributed by atoms with Crippen LogP contribution in [0.3, 0.4) is 0 Å². The highest BCUT2D eigenvalue weighted by Crippen LogP contribution is 2.53. The topological polar surface area (TPSA) is 43.6 Å². The lowest BCUT2D eigenvalue weighted by atomic mass is 9.78. The Hall–Kier alpha value is -7.69. The summed E-state index contributed by atoms with van der Waals surface area (Å²) in [6.07, 6.45) is 0. The van der Waals surface area contributed by atoms with Gasteiger partial charge in [-0.2, -0.15) is 9.97 Å². The summed E-state index contributed by atoms with van der Waals surface area (Å²) in [4.78, 5) is 16.2. The Labute approximate surface area is 361 Å². The number of rotatable bonds is 5. The van der Waals surface area contributed by atoms with Crippen LogP contribution in [0.1, 0.15) is 38.8 Å². The van der Waals surface area contributed by atoms with Crippen LogP contribution in [0, 0.1) is 0 Å². The molecule has 0 saturated carbocycles. The van der Waals surface area contributed by atoms with Gasteiger partial charge in [0.25, 0.3) is 0 Å². The van der Waals surface area contributed by atoms with E-state index in [9.17, 15) is 0 Å². The predicted molar refractivity (Wildman–Crippen MR) is 260 cm³/mol. The first-order valence-corrected chi connectivity index (χ1v) is 21.6. The Balaban J connectivity index is 0.00000213. The minimum Gasteiger partial charge on any atom is -0.277 e. The lowest BCUT2D eigenvalue weighted by molar-refractivity contribution is 0.662. The zero-order chi connectivity index (χ0) is 42.0. The van der Waals surface area contributed by atoms with Crippen LogP contribution in [0.5, 0.6) is 0 Å². The third-order valence-corrected chi connectivity index (χ3v) is 12.6. The first-order valence-electron chi connectivity index (χ1n) is 21.6. The van der Waals surface area contributed by atoms with Crippen molar-refractivity contribution in [1.82, 2.24) is 19.5 Å². The van der Waals surface area contributed by atoms with E-state index in [-0.39, 0.29) is 5.41 Å². The summed E-state index contributed by atoms with van der Waals surface area (Å²) < 4.78 is 2.32. The Bertz CT molecular complexity index is 3510. The monoisotopic (exact) mass is 796 g/mol. The number of fused-ring (bicyclic) bond motifs is 9. The highest BCUT2D eigenvalue weighted by molar-refractivity contribution is 6.21. The lowest BCUT2D eigenvalue weighted by Gasteiger charge is -2.25. The predicted octanol–water partition coefficient (Wildman–Crippen LogP) is 15.3. The molecule has 4 heteroatoms. The number of nitrogens with zero attached hydrogens (tertiary/aromatic N) is 4. The summed E-state index contributed by atoms with van der Waals surface area (Å²) in [7, 11) is 0. The maximum absolute atomic E-state index is 5.46. The molecule has 11 aromatic rings. The SMILES string of the molecule is CC.CC1(C)c2ccccc2-c2cccc(-c3cccc4c5ccc6ccccc6c5n(-c5nc(-c6ccc(-c7ccccc7)cc6)nc(-c6ccc7ccccc7c6)n5)c34)c21. The number of hydrogen-bond donors (Lipinski definition) is 0. The average Bonchev–Trinajstić information content (AvgIpc) is 3.81. The molecule has 1 aliphatic carbocycles. The van der Waals surface area contributed by atoms with Crippen molar-refractivity contribution in [3.8, 4) is 62.1 Å². The first kappa shape index (κ1) is 37.3. The van der Waals surface area contributed by atoms with Gasteiger partial charge in [0.15, 0.2) is 11.6 Å². The van der Waals surface area contributed by atoms with Gasteiger partial charge in [0.05, 0.1) is 11.0 Å². The summed E-state index contributed by atoms with van der Waals surface area (Å²) in [5.41, 5.74) is 13.8. The van der Waals surface area contributed by atoms with Crippen molar-refractivity contribution in [1.29, 1.82) is 0 Å². The van der Waals surface area contributed by atoms with Gasteiger partial charge in [-0.3, -0.25) is 4.57 Å². The van der Waals surface area contributed by atoms with Crippen molar-refractivity contribution in [2.45, 2.75) is 33.1 Å². The molecule has 0 bridgehead atoms. The molecule has 0 saturated heterocycles. The molecular weight excluding hydrogens is 753 g/mol. The van der Waals surface area contributed by atoms with Gasteiger partial charge in [-0.15, -0.1) is 0 Å². The fraction of sp³-hybridized carbons (Fsp3) is 0.0862. The fourth-order valence-corrected chi connectivity index (χ4v) is 9.81. The van der Waals surface area contributed by atoms with Crippen molar-refractivity contribution in [2.75, 3.05) is 0 Å². The first-order chi connectivity index (χ1) is 30.5. The van der Waals surface area contributed by atoms with Gasteiger partial charge in [-0.05, 0) is 61.2 Å². The van der Waals surface area contributed by atoms with Gasteiger partial charge in [-0.1, -0.05) is 216 Å². The minimum absolute atomic E-state index is 0.205. The molecule has 0 N–H and O–H groups in total. The summed E-state index contributed by atoms with van der Waals surface area (Å²) in [6, 6.07) is 69.5. The van der Waals surface area contributed by atoms with Crippen LogP contribution in [-0.4, -0.2) is 19.5 Å². The Morgan fingerprint density at radius 2 is 0.903 bits per heavy atom. The van der Waals surface area contributed by atoms with Crippen LogP contribution in [0.15, 0.2) is 194 Å². The van der Waals surface area contributed by atoms with Crippen molar-refractivity contribution >= 4 is 43.4 Å². The summed E-state index contributed by atoms with van der Waals surface area (Å²) in [5.74, 6) is 1.82. The highest BCUT2D eigenvalue weighted by atomic mass is 15.2. The molecule has 2 heterocycles. The molecule has 9 aromatic carbocycles. The summed E-state index contributed by atoms with van der Waals surface area (Å²) in [5, 5.41) is 6.92. The molecule has 12 rings (SSSR count). The molecule has 62 heavy (non-hydrogen) atoms. The van der Waals surface area contributed by atoms with Crippen molar-refractivity contribution in [3.63, 3.8) is 0 Å². The highest BCUT2D eigenvalue weighted by Gasteiger charge is 2.38. The van der Waals surface area contributed by atoms with Crippen LogP contribution >= 0.6 is 0 Å². The average molecular weight is 797 g/mol. The molecule has 1 aliphatic rings. The molecule has 0 atom stereocenters. The number of benzene rings is 9. The molecular formula is C58H44N4. The number of hydrogen-bond acceptors (Lipinski definition) is 3. The second-order valence-corrected chi connectivity index (χ2v) is 16.4. The zero-order valence-corrected chi connectivity index (χ0v) is 35.3. The van der Waals surface area contributed by atoms with Crippen molar-refractivity contribution in [3.05, 3.63) is 205 Å². The zero-order valence-electron chi connectivity index (χ0n) is 35.3. The van der Waals surface area contributed by atoms with Crippen LogP contribution in [-0.2, 0) is 5.41 Å². The van der Waals surface area contributed by atoms with E-state index in [0.717, 1.165) is 60.2 Å². The van der Waals surface area contributed by atoms with E-state index in [0.29, 0.717) is 17.6 Å². The van der Waals surface area contributed by atoms with E-state index in [4.69, 9.17) is 15.0 Å². The quantitative estimate of drug-likeness (QED) is 0.174. The third-order valence-electron chi connectivity index (χ3n) is 12.6. The van der Waals surface area contributed by atoms with Crippen molar-refractivity contribution < 1.29 is 0 Å². The number of aromatic nitrogens is 4. The van der Waals surface area contributed by atoms with E-state index in [2.05, 4.69) is 206 Å². The normalized spacial score (nSPS) is 12.6. The molecule has 4 nitrogen and oxygen atoms in total. The van der Waals surface area contributed by atoms with E-state index in [1.807, 2.05) is 19.9 Å². The van der Waals surface area contributed by atoms with Gasteiger partial charge in [0, 0.05) is 38.3 Å². The number of para-hydroxylation sites is 1. The van der Waals surface area contributed by atoms with Crippen LogP contribution < -0.4 is 0 Å². The third kappa shape index (κ3) is 5.86. The summed E-state index contributed by atoms with van der Waals surface area (Å²) >= 11 is 0. The second-order valence-electron chi connectivity index (χ2n) is 16.4. The van der Waals surface area contributed by atoms with Gasteiger partial charge in [0.2, 0.25) is 5.95 Å². The molecule has 2 aromatic heterocycles. The van der Waals surface area contributed by atoms with E-state index >= 15 is 0 Å². The van der Waals surface area contributed by atoms with Gasteiger partial charge < -0.3 is 0 Å². The van der Waals surface area contributed by atoms with Crippen LogP contribution in [0.4, 0.5) is 0 Å². The molecule has 296 valence electrons.